The maximum absolute atomic E-state index is 13.1. The summed E-state index contributed by atoms with van der Waals surface area (Å²) in [5, 5.41) is 13.3. The highest BCUT2D eigenvalue weighted by Crippen LogP contribution is 2.20. The van der Waals surface area contributed by atoms with Crippen LogP contribution in [0.5, 0.6) is 5.75 Å². The summed E-state index contributed by atoms with van der Waals surface area (Å²) in [6.07, 6.45) is 1.56. The average molecular weight is 447 g/mol. The lowest BCUT2D eigenvalue weighted by Crippen LogP contribution is -2.30. The van der Waals surface area contributed by atoms with Crippen molar-refractivity contribution in [1.82, 2.24) is 10.2 Å². The van der Waals surface area contributed by atoms with Crippen molar-refractivity contribution in [1.29, 1.82) is 0 Å². The zero-order chi connectivity index (χ0) is 23.4. The van der Waals surface area contributed by atoms with Crippen molar-refractivity contribution in [2.24, 2.45) is 0 Å². The predicted octanol–water partition coefficient (Wildman–Crippen LogP) is 4.41. The van der Waals surface area contributed by atoms with Crippen LogP contribution in [0.15, 0.2) is 78.5 Å². The molecular formula is C24H18FN3O5. The third-order valence-electron chi connectivity index (χ3n) is 4.96. The van der Waals surface area contributed by atoms with Gasteiger partial charge in [-0.1, -0.05) is 24.3 Å². The average Bonchev–Trinajstić information content (AvgIpc) is 3.07. The smallest absolute Gasteiger partial charge is 0.329 e. The van der Waals surface area contributed by atoms with Crippen molar-refractivity contribution in [3.05, 3.63) is 111 Å². The quantitative estimate of drug-likeness (QED) is 0.250. The number of nitro groups is 1. The summed E-state index contributed by atoms with van der Waals surface area (Å²) >= 11 is 0. The molecule has 0 atom stereocenters. The van der Waals surface area contributed by atoms with E-state index in [0.717, 1.165) is 10.5 Å². The number of nitrogens with zero attached hydrogens (tertiary/aromatic N) is 2. The summed E-state index contributed by atoms with van der Waals surface area (Å²) in [7, 11) is 0. The van der Waals surface area contributed by atoms with Crippen molar-refractivity contribution in [3.8, 4) is 5.75 Å². The number of hydrogen-bond acceptors (Lipinski definition) is 5. The Kier molecular flexibility index (Phi) is 6.12. The topological polar surface area (TPSA) is 102 Å². The summed E-state index contributed by atoms with van der Waals surface area (Å²) in [6.45, 7) is 0.281. The molecule has 4 rings (SSSR count). The van der Waals surface area contributed by atoms with Crippen LogP contribution < -0.4 is 10.1 Å². The van der Waals surface area contributed by atoms with Crippen molar-refractivity contribution in [3.63, 3.8) is 0 Å². The van der Waals surface area contributed by atoms with Crippen molar-refractivity contribution < 1.29 is 23.6 Å². The zero-order valence-corrected chi connectivity index (χ0v) is 17.2. The number of carbonyl (C=O) groups is 2. The molecule has 1 fully saturated rings. The maximum Gasteiger partial charge on any atom is 0.329 e. The Balaban J connectivity index is 1.37. The molecule has 0 aromatic heterocycles. The highest BCUT2D eigenvalue weighted by Gasteiger charge is 2.33. The minimum atomic E-state index is -0.543. The molecule has 1 heterocycles. The Labute approximate surface area is 188 Å². The molecule has 3 amide bonds. The number of ether oxygens (including phenoxy) is 1. The number of carbonyl (C=O) groups excluding carboxylic acids is 2. The number of imide groups is 1. The van der Waals surface area contributed by atoms with Crippen LogP contribution in [-0.2, 0) is 17.9 Å². The van der Waals surface area contributed by atoms with Crippen LogP contribution in [-0.4, -0.2) is 21.8 Å². The summed E-state index contributed by atoms with van der Waals surface area (Å²) < 4.78 is 18.7. The summed E-state index contributed by atoms with van der Waals surface area (Å²) in [5.41, 5.74) is 2.26. The summed E-state index contributed by atoms with van der Waals surface area (Å²) in [6, 6.07) is 18.0. The van der Waals surface area contributed by atoms with E-state index in [1.54, 1.807) is 42.5 Å². The molecule has 3 aromatic rings. The molecule has 9 heteroatoms. The van der Waals surface area contributed by atoms with Gasteiger partial charge in [0.1, 0.15) is 23.9 Å². The van der Waals surface area contributed by atoms with Gasteiger partial charge in [-0.05, 0) is 59.2 Å². The Morgan fingerprint density at radius 1 is 0.939 bits per heavy atom. The first-order valence-electron chi connectivity index (χ1n) is 9.94. The zero-order valence-electron chi connectivity index (χ0n) is 17.2. The molecule has 0 saturated carbocycles. The van der Waals surface area contributed by atoms with Gasteiger partial charge in [-0.15, -0.1) is 0 Å². The third-order valence-corrected chi connectivity index (χ3v) is 4.96. The van der Waals surface area contributed by atoms with Crippen LogP contribution in [0.1, 0.15) is 16.7 Å². The minimum Gasteiger partial charge on any atom is -0.489 e. The second-order valence-electron chi connectivity index (χ2n) is 7.29. The van der Waals surface area contributed by atoms with Gasteiger partial charge in [-0.2, -0.15) is 0 Å². The number of nitro benzene ring substituents is 1. The third kappa shape index (κ3) is 5.21. The van der Waals surface area contributed by atoms with E-state index in [2.05, 4.69) is 5.32 Å². The van der Waals surface area contributed by atoms with E-state index in [4.69, 9.17) is 4.74 Å². The Morgan fingerprint density at radius 3 is 2.21 bits per heavy atom. The van der Waals surface area contributed by atoms with E-state index in [1.165, 1.54) is 36.4 Å². The lowest BCUT2D eigenvalue weighted by Gasteiger charge is -2.11. The van der Waals surface area contributed by atoms with Gasteiger partial charge in [0.25, 0.3) is 11.6 Å². The largest absolute Gasteiger partial charge is 0.489 e. The second kappa shape index (κ2) is 9.31. The van der Waals surface area contributed by atoms with E-state index in [-0.39, 0.29) is 24.5 Å². The van der Waals surface area contributed by atoms with Gasteiger partial charge in [0.2, 0.25) is 0 Å². The standard InChI is InChI=1S/C24H18FN3O5/c25-19-7-1-17(2-8-19)14-27-23(29)22(26-24(27)30)13-16-5-11-21(12-6-16)33-15-18-3-9-20(10-4-18)28(31)32/h1-13H,14-15H2,(H,26,30)/b22-13-. The van der Waals surface area contributed by atoms with Crippen molar-refractivity contribution >= 4 is 23.7 Å². The molecule has 0 radical (unpaired) electrons. The van der Waals surface area contributed by atoms with Crippen LogP contribution in [0.4, 0.5) is 14.9 Å². The van der Waals surface area contributed by atoms with Crippen LogP contribution in [0.25, 0.3) is 6.08 Å². The monoisotopic (exact) mass is 447 g/mol. The number of benzene rings is 3. The number of nitrogens with one attached hydrogen (secondary N) is 1. The van der Waals surface area contributed by atoms with Gasteiger partial charge in [0.15, 0.2) is 0 Å². The first-order valence-corrected chi connectivity index (χ1v) is 9.94. The molecule has 3 aromatic carbocycles. The molecule has 1 saturated heterocycles. The number of amides is 3. The summed E-state index contributed by atoms with van der Waals surface area (Å²) in [4.78, 5) is 36.1. The Morgan fingerprint density at radius 2 is 1.58 bits per heavy atom. The molecule has 0 aliphatic carbocycles. The minimum absolute atomic E-state index is 0.0147. The summed E-state index contributed by atoms with van der Waals surface area (Å²) in [5.74, 6) is -0.283. The van der Waals surface area contributed by atoms with E-state index in [0.29, 0.717) is 16.9 Å². The number of rotatable bonds is 7. The van der Waals surface area contributed by atoms with Gasteiger partial charge in [-0.3, -0.25) is 19.8 Å². The number of halogens is 1. The van der Waals surface area contributed by atoms with Crippen LogP contribution in [0, 0.1) is 15.9 Å². The van der Waals surface area contributed by atoms with E-state index in [9.17, 15) is 24.1 Å². The van der Waals surface area contributed by atoms with E-state index < -0.39 is 22.7 Å². The fourth-order valence-corrected chi connectivity index (χ4v) is 3.20. The predicted molar refractivity (Wildman–Crippen MR) is 117 cm³/mol. The molecule has 0 unspecified atom stereocenters. The normalized spacial score (nSPS) is 14.5. The van der Waals surface area contributed by atoms with Gasteiger partial charge in [0, 0.05) is 12.1 Å². The van der Waals surface area contributed by atoms with E-state index >= 15 is 0 Å². The van der Waals surface area contributed by atoms with Crippen LogP contribution in [0.3, 0.4) is 0 Å². The Hall–Kier alpha value is -4.53. The van der Waals surface area contributed by atoms with Crippen LogP contribution in [0.2, 0.25) is 0 Å². The van der Waals surface area contributed by atoms with Crippen LogP contribution >= 0.6 is 0 Å². The van der Waals surface area contributed by atoms with Gasteiger partial charge >= 0.3 is 6.03 Å². The first kappa shape index (κ1) is 21.7. The lowest BCUT2D eigenvalue weighted by atomic mass is 10.1. The molecular weight excluding hydrogens is 429 g/mol. The number of urea groups is 1. The molecule has 166 valence electrons. The fraction of sp³-hybridized carbons (Fsp3) is 0.0833. The maximum atomic E-state index is 13.1. The van der Waals surface area contributed by atoms with Gasteiger partial charge < -0.3 is 10.1 Å². The van der Waals surface area contributed by atoms with E-state index in [1.807, 2.05) is 0 Å². The first-order chi connectivity index (χ1) is 15.9. The molecule has 8 nitrogen and oxygen atoms in total. The molecule has 1 aliphatic rings. The molecule has 0 bridgehead atoms. The highest BCUT2D eigenvalue weighted by atomic mass is 19.1. The molecule has 1 aliphatic heterocycles. The van der Waals surface area contributed by atoms with Gasteiger partial charge in [-0.25, -0.2) is 9.18 Å². The molecule has 0 spiro atoms. The fourth-order valence-electron chi connectivity index (χ4n) is 3.20. The SMILES string of the molecule is O=C1N/C(=C\c2ccc(OCc3ccc([N+](=O)[O-])cc3)cc2)C(=O)N1Cc1ccc(F)cc1. The molecule has 1 N–H and O–H groups in total. The lowest BCUT2D eigenvalue weighted by molar-refractivity contribution is -0.384. The second-order valence-corrected chi connectivity index (χ2v) is 7.29. The van der Waals surface area contributed by atoms with Gasteiger partial charge in [0.05, 0.1) is 11.5 Å². The van der Waals surface area contributed by atoms with Crippen molar-refractivity contribution in [2.45, 2.75) is 13.2 Å². The Bertz CT molecular complexity index is 1220. The number of non-ortho nitro benzene ring substituents is 1. The highest BCUT2D eigenvalue weighted by molar-refractivity contribution is 6.13. The molecule has 33 heavy (non-hydrogen) atoms. The number of hydrogen-bond donors (Lipinski definition) is 1. The van der Waals surface area contributed by atoms with Crippen molar-refractivity contribution in [2.75, 3.05) is 0 Å².